The molecule has 0 aliphatic carbocycles. The minimum absolute atomic E-state index is 0.409. The Morgan fingerprint density at radius 2 is 2.00 bits per heavy atom. The van der Waals surface area contributed by atoms with Crippen LogP contribution < -0.4 is 4.74 Å². The zero-order valence-electron chi connectivity index (χ0n) is 10.5. The number of benzene rings is 2. The van der Waals surface area contributed by atoms with E-state index in [9.17, 15) is 4.79 Å². The lowest BCUT2D eigenvalue weighted by Crippen LogP contribution is -2.10. The molecule has 20 heavy (non-hydrogen) atoms. The molecule has 2 rings (SSSR count). The van der Waals surface area contributed by atoms with Gasteiger partial charge in [0.05, 0.1) is 5.69 Å². The Kier molecular flexibility index (Phi) is 4.74. The van der Waals surface area contributed by atoms with E-state index < -0.39 is 12.6 Å². The van der Waals surface area contributed by atoms with Crippen LogP contribution in [0.2, 0.25) is 5.02 Å². The van der Waals surface area contributed by atoms with Gasteiger partial charge in [0.25, 0.3) is 0 Å². The molecule has 0 atom stereocenters. The van der Waals surface area contributed by atoms with Gasteiger partial charge in [-0.15, -0.1) is 0 Å². The van der Waals surface area contributed by atoms with Crippen LogP contribution in [-0.2, 0) is 4.79 Å². The van der Waals surface area contributed by atoms with Crippen LogP contribution in [0, 0.1) is 0 Å². The number of carboxylic acids is 1. The van der Waals surface area contributed by atoms with Gasteiger partial charge in [-0.05, 0) is 30.3 Å². The molecule has 0 unspecified atom stereocenters. The van der Waals surface area contributed by atoms with Gasteiger partial charge < -0.3 is 9.84 Å². The summed E-state index contributed by atoms with van der Waals surface area (Å²) in [6.07, 6.45) is 1.60. The van der Waals surface area contributed by atoms with Gasteiger partial charge in [-0.1, -0.05) is 29.8 Å². The summed E-state index contributed by atoms with van der Waals surface area (Å²) in [5.41, 5.74) is 1.42. The van der Waals surface area contributed by atoms with Crippen molar-refractivity contribution in [2.24, 2.45) is 4.99 Å². The van der Waals surface area contributed by atoms with Crippen LogP contribution >= 0.6 is 11.6 Å². The van der Waals surface area contributed by atoms with Crippen LogP contribution in [-0.4, -0.2) is 23.9 Å². The van der Waals surface area contributed by atoms with Crippen molar-refractivity contribution in [3.63, 3.8) is 0 Å². The quantitative estimate of drug-likeness (QED) is 0.856. The monoisotopic (exact) mass is 289 g/mol. The average molecular weight is 290 g/mol. The minimum atomic E-state index is -1.04. The van der Waals surface area contributed by atoms with Crippen LogP contribution in [0.4, 0.5) is 5.69 Å². The van der Waals surface area contributed by atoms with E-state index in [1.165, 1.54) is 0 Å². The van der Waals surface area contributed by atoms with Gasteiger partial charge in [-0.25, -0.2) is 4.79 Å². The van der Waals surface area contributed by atoms with Crippen molar-refractivity contribution in [2.75, 3.05) is 6.61 Å². The van der Waals surface area contributed by atoms with Crippen LogP contribution in [0.1, 0.15) is 5.56 Å². The summed E-state index contributed by atoms with van der Waals surface area (Å²) in [7, 11) is 0. The van der Waals surface area contributed by atoms with Crippen LogP contribution in [0.15, 0.2) is 53.5 Å². The normalized spacial score (nSPS) is 10.7. The molecule has 0 saturated carbocycles. The number of nitrogens with zero attached hydrogens (tertiary/aromatic N) is 1. The molecule has 1 N–H and O–H groups in total. The zero-order valence-corrected chi connectivity index (χ0v) is 11.2. The summed E-state index contributed by atoms with van der Waals surface area (Å²) < 4.78 is 5.19. The van der Waals surface area contributed by atoms with Gasteiger partial charge in [0, 0.05) is 16.8 Å². The van der Waals surface area contributed by atoms with Crippen LogP contribution in [0.3, 0.4) is 0 Å². The van der Waals surface area contributed by atoms with Crippen molar-refractivity contribution in [2.45, 2.75) is 0 Å². The third-order valence-electron chi connectivity index (χ3n) is 2.43. The number of para-hydroxylation sites is 1. The fraction of sp³-hybridized carbons (Fsp3) is 0.0667. The molecule has 4 nitrogen and oxygen atoms in total. The topological polar surface area (TPSA) is 58.9 Å². The average Bonchev–Trinajstić information content (AvgIpc) is 2.45. The van der Waals surface area contributed by atoms with E-state index in [-0.39, 0.29) is 0 Å². The second-order valence-electron chi connectivity index (χ2n) is 3.96. The Balaban J connectivity index is 2.23. The van der Waals surface area contributed by atoms with E-state index in [1.54, 1.807) is 24.4 Å². The first kappa shape index (κ1) is 14.1. The number of rotatable bonds is 5. The highest BCUT2D eigenvalue weighted by atomic mass is 35.5. The summed E-state index contributed by atoms with van der Waals surface area (Å²) >= 11 is 5.93. The zero-order chi connectivity index (χ0) is 14.4. The predicted molar refractivity (Wildman–Crippen MR) is 78.3 cm³/mol. The molecule has 0 aromatic heterocycles. The van der Waals surface area contributed by atoms with Gasteiger partial charge in [-0.3, -0.25) is 4.99 Å². The number of hydrogen-bond acceptors (Lipinski definition) is 3. The van der Waals surface area contributed by atoms with Gasteiger partial charge in [0.2, 0.25) is 0 Å². The van der Waals surface area contributed by atoms with Gasteiger partial charge in [0.1, 0.15) is 5.75 Å². The summed E-state index contributed by atoms with van der Waals surface area (Å²) in [6.45, 7) is -0.409. The first-order chi connectivity index (χ1) is 9.65. The Bertz CT molecular complexity index is 626. The van der Waals surface area contributed by atoms with E-state index >= 15 is 0 Å². The van der Waals surface area contributed by atoms with E-state index in [2.05, 4.69) is 4.99 Å². The van der Waals surface area contributed by atoms with E-state index in [0.717, 1.165) is 5.69 Å². The molecule has 0 saturated heterocycles. The summed E-state index contributed by atoms with van der Waals surface area (Å²) in [6, 6.07) is 14.3. The Morgan fingerprint density at radius 3 is 2.70 bits per heavy atom. The van der Waals surface area contributed by atoms with Crippen LogP contribution in [0.25, 0.3) is 0 Å². The SMILES string of the molecule is O=C(O)COc1ccc(Cl)cc1C=Nc1ccccc1. The lowest BCUT2D eigenvalue weighted by molar-refractivity contribution is -0.139. The number of hydrogen-bond donors (Lipinski definition) is 1. The van der Waals surface area contributed by atoms with Crippen LogP contribution in [0.5, 0.6) is 5.75 Å². The number of carbonyl (C=O) groups is 1. The molecule has 0 radical (unpaired) electrons. The molecule has 2 aromatic rings. The number of carboxylic acid groups (broad SMARTS) is 1. The third-order valence-corrected chi connectivity index (χ3v) is 2.67. The Morgan fingerprint density at radius 1 is 1.25 bits per heavy atom. The molecule has 0 aliphatic heterocycles. The molecule has 0 aliphatic rings. The molecule has 0 bridgehead atoms. The third kappa shape index (κ3) is 4.10. The molecule has 102 valence electrons. The van der Waals surface area contributed by atoms with E-state index in [1.807, 2.05) is 30.3 Å². The lowest BCUT2D eigenvalue weighted by Gasteiger charge is -2.07. The van der Waals surface area contributed by atoms with Crippen molar-refractivity contribution in [1.82, 2.24) is 0 Å². The van der Waals surface area contributed by atoms with Crippen molar-refractivity contribution >= 4 is 29.5 Å². The molecular weight excluding hydrogens is 278 g/mol. The maximum atomic E-state index is 10.5. The molecule has 2 aromatic carbocycles. The fourth-order valence-corrected chi connectivity index (χ4v) is 1.73. The fourth-order valence-electron chi connectivity index (χ4n) is 1.55. The smallest absolute Gasteiger partial charge is 0.341 e. The minimum Gasteiger partial charge on any atom is -0.481 e. The summed E-state index contributed by atoms with van der Waals surface area (Å²) in [5.74, 6) is -0.609. The summed E-state index contributed by atoms with van der Waals surface area (Å²) in [4.78, 5) is 14.8. The maximum Gasteiger partial charge on any atom is 0.341 e. The van der Waals surface area contributed by atoms with Gasteiger partial charge in [-0.2, -0.15) is 0 Å². The highest BCUT2D eigenvalue weighted by molar-refractivity contribution is 6.30. The Hall–Kier alpha value is -2.33. The molecule has 5 heteroatoms. The molecule has 0 heterocycles. The van der Waals surface area contributed by atoms with Gasteiger partial charge in [0.15, 0.2) is 6.61 Å². The second kappa shape index (κ2) is 6.73. The standard InChI is InChI=1S/C15H12ClNO3/c16-12-6-7-14(20-10-15(18)19)11(8-12)9-17-13-4-2-1-3-5-13/h1-9H,10H2,(H,18,19). The van der Waals surface area contributed by atoms with Gasteiger partial charge >= 0.3 is 5.97 Å². The van der Waals surface area contributed by atoms with E-state index in [4.69, 9.17) is 21.4 Å². The van der Waals surface area contributed by atoms with Crippen molar-refractivity contribution in [3.05, 3.63) is 59.1 Å². The number of ether oxygens (including phenoxy) is 1. The number of aliphatic imine (C=N–C) groups is 1. The Labute approximate surface area is 121 Å². The highest BCUT2D eigenvalue weighted by Crippen LogP contribution is 2.22. The lowest BCUT2D eigenvalue weighted by atomic mass is 10.2. The summed E-state index contributed by atoms with van der Waals surface area (Å²) in [5, 5.41) is 9.17. The number of halogens is 1. The predicted octanol–water partition coefficient (Wildman–Crippen LogP) is 3.55. The molecule has 0 spiro atoms. The highest BCUT2D eigenvalue weighted by Gasteiger charge is 2.05. The number of aliphatic carboxylic acids is 1. The van der Waals surface area contributed by atoms with Crippen molar-refractivity contribution in [3.8, 4) is 5.75 Å². The largest absolute Gasteiger partial charge is 0.481 e. The maximum absolute atomic E-state index is 10.5. The van der Waals surface area contributed by atoms with E-state index in [0.29, 0.717) is 16.3 Å². The second-order valence-corrected chi connectivity index (χ2v) is 4.39. The first-order valence-electron chi connectivity index (χ1n) is 5.88. The molecular formula is C15H12ClNO3. The molecule has 0 fully saturated rings. The van der Waals surface area contributed by atoms with Crippen molar-refractivity contribution in [1.29, 1.82) is 0 Å². The first-order valence-corrected chi connectivity index (χ1v) is 6.26. The van der Waals surface area contributed by atoms with Crippen molar-refractivity contribution < 1.29 is 14.6 Å². The molecule has 0 amide bonds.